The second kappa shape index (κ2) is 7.55. The fraction of sp³-hybridized carbons (Fsp3) is 0.812. The van der Waals surface area contributed by atoms with Crippen molar-refractivity contribution in [2.75, 3.05) is 19.8 Å². The van der Waals surface area contributed by atoms with Crippen molar-refractivity contribution in [1.82, 2.24) is 25.4 Å². The zero-order valence-electron chi connectivity index (χ0n) is 15.2. The number of aliphatic imine (C=N–C) groups is 1. The zero-order chi connectivity index (χ0) is 17.0. The summed E-state index contributed by atoms with van der Waals surface area (Å²) in [6.45, 7) is 10.5. The molecule has 23 heavy (non-hydrogen) atoms. The first kappa shape index (κ1) is 18.1. The van der Waals surface area contributed by atoms with Crippen LogP contribution in [0.25, 0.3) is 0 Å². The zero-order valence-corrected chi connectivity index (χ0v) is 16.0. The van der Waals surface area contributed by atoms with Crippen LogP contribution < -0.4 is 10.6 Å². The van der Waals surface area contributed by atoms with Gasteiger partial charge < -0.3 is 10.6 Å². The average Bonchev–Trinajstić information content (AvgIpc) is 2.95. The molecule has 130 valence electrons. The summed E-state index contributed by atoms with van der Waals surface area (Å²) in [6.07, 6.45) is 4.16. The molecule has 0 amide bonds. The Morgan fingerprint density at radius 3 is 2.83 bits per heavy atom. The van der Waals surface area contributed by atoms with Crippen molar-refractivity contribution < 1.29 is 0 Å². The molecule has 0 saturated carbocycles. The highest BCUT2D eigenvalue weighted by molar-refractivity contribution is 7.99. The Hall–Kier alpha value is -1.24. The lowest BCUT2D eigenvalue weighted by molar-refractivity contribution is 0.391. The predicted octanol–water partition coefficient (Wildman–Crippen LogP) is 2.02. The van der Waals surface area contributed by atoms with Gasteiger partial charge in [-0.05, 0) is 26.5 Å². The van der Waals surface area contributed by atoms with E-state index in [-0.39, 0.29) is 4.75 Å². The quantitative estimate of drug-likeness (QED) is 0.635. The summed E-state index contributed by atoms with van der Waals surface area (Å²) in [7, 11) is 1.82. The number of aryl methyl sites for hydroxylation is 1. The Balaban J connectivity index is 1.92. The molecule has 1 aliphatic heterocycles. The molecule has 1 atom stereocenters. The van der Waals surface area contributed by atoms with Crippen LogP contribution in [-0.2, 0) is 13.0 Å². The van der Waals surface area contributed by atoms with E-state index in [0.29, 0.717) is 12.0 Å². The van der Waals surface area contributed by atoms with E-state index in [2.05, 4.69) is 64.3 Å². The molecule has 1 aromatic rings. The maximum Gasteiger partial charge on any atom is 0.191 e. The third kappa shape index (κ3) is 4.86. The van der Waals surface area contributed by atoms with Crippen LogP contribution in [0.1, 0.15) is 51.7 Å². The van der Waals surface area contributed by atoms with E-state index < -0.39 is 0 Å². The number of fused-ring (bicyclic) bond motifs is 1. The molecule has 0 radical (unpaired) electrons. The number of hydrogen-bond acceptors (Lipinski definition) is 4. The summed E-state index contributed by atoms with van der Waals surface area (Å²) in [4.78, 5) is 8.99. The molecule has 1 aromatic heterocycles. The van der Waals surface area contributed by atoms with Gasteiger partial charge in [-0.1, -0.05) is 13.8 Å². The van der Waals surface area contributed by atoms with Gasteiger partial charge >= 0.3 is 0 Å². The maximum atomic E-state index is 4.64. The van der Waals surface area contributed by atoms with Crippen LogP contribution in [-0.4, -0.2) is 51.4 Å². The fourth-order valence-corrected chi connectivity index (χ4v) is 2.66. The molecule has 7 heteroatoms. The second-order valence-electron chi connectivity index (χ2n) is 6.99. The highest BCUT2D eigenvalue weighted by Crippen LogP contribution is 2.20. The molecular weight excluding hydrogens is 308 g/mol. The Labute approximate surface area is 143 Å². The van der Waals surface area contributed by atoms with Crippen molar-refractivity contribution in [1.29, 1.82) is 0 Å². The number of thioether (sulfide) groups is 1. The van der Waals surface area contributed by atoms with Crippen LogP contribution in [0, 0.1) is 0 Å². The van der Waals surface area contributed by atoms with E-state index in [9.17, 15) is 0 Å². The molecule has 6 nitrogen and oxygen atoms in total. The number of nitrogens with zero attached hydrogens (tertiary/aromatic N) is 4. The van der Waals surface area contributed by atoms with Gasteiger partial charge in [-0.25, -0.2) is 9.67 Å². The number of rotatable bonds is 5. The molecule has 0 saturated heterocycles. The van der Waals surface area contributed by atoms with E-state index in [0.717, 1.165) is 43.5 Å². The number of guanidine groups is 1. The molecule has 0 aromatic carbocycles. The van der Waals surface area contributed by atoms with Crippen molar-refractivity contribution in [2.45, 2.75) is 63.8 Å². The average molecular weight is 339 g/mol. The van der Waals surface area contributed by atoms with Gasteiger partial charge in [-0.2, -0.15) is 16.9 Å². The lowest BCUT2D eigenvalue weighted by Gasteiger charge is -2.28. The van der Waals surface area contributed by atoms with Crippen LogP contribution in [0.15, 0.2) is 4.99 Å². The molecule has 2 N–H and O–H groups in total. The van der Waals surface area contributed by atoms with E-state index in [1.54, 1.807) is 0 Å². The molecule has 0 bridgehead atoms. The minimum Gasteiger partial charge on any atom is -0.355 e. The van der Waals surface area contributed by atoms with Crippen molar-refractivity contribution >= 4 is 17.7 Å². The molecular formula is C16H30N6S. The minimum atomic E-state index is 0.190. The Kier molecular flexibility index (Phi) is 5.95. The van der Waals surface area contributed by atoms with E-state index in [1.165, 1.54) is 0 Å². The van der Waals surface area contributed by atoms with Gasteiger partial charge in [0.25, 0.3) is 0 Å². The van der Waals surface area contributed by atoms with Crippen LogP contribution >= 0.6 is 11.8 Å². The minimum absolute atomic E-state index is 0.190. The lowest BCUT2D eigenvalue weighted by atomic mass is 10.1. The van der Waals surface area contributed by atoms with Crippen LogP contribution in [0.2, 0.25) is 0 Å². The SMILES string of the molecule is CN=C(NCC(C)(C)SC)NC1CCc2nc(C(C)C)nn2C1. The molecule has 1 aliphatic rings. The summed E-state index contributed by atoms with van der Waals surface area (Å²) in [6, 6.07) is 0.341. The van der Waals surface area contributed by atoms with Gasteiger partial charge in [-0.15, -0.1) is 0 Å². The third-order valence-corrected chi connectivity index (χ3v) is 5.44. The highest BCUT2D eigenvalue weighted by atomic mass is 32.2. The first-order chi connectivity index (χ1) is 10.8. The first-order valence-corrected chi connectivity index (χ1v) is 9.53. The summed E-state index contributed by atoms with van der Waals surface area (Å²) in [5, 5.41) is 11.6. The summed E-state index contributed by atoms with van der Waals surface area (Å²) in [5.74, 6) is 3.30. The number of nitrogens with one attached hydrogen (secondary N) is 2. The molecule has 0 aliphatic carbocycles. The lowest BCUT2D eigenvalue weighted by Crippen LogP contribution is -2.49. The summed E-state index contributed by atoms with van der Waals surface area (Å²) in [5.41, 5.74) is 0. The summed E-state index contributed by atoms with van der Waals surface area (Å²) >= 11 is 1.85. The van der Waals surface area contributed by atoms with E-state index in [4.69, 9.17) is 0 Å². The van der Waals surface area contributed by atoms with E-state index >= 15 is 0 Å². The van der Waals surface area contributed by atoms with Crippen LogP contribution in [0.5, 0.6) is 0 Å². The number of hydrogen-bond donors (Lipinski definition) is 2. The summed E-state index contributed by atoms with van der Waals surface area (Å²) < 4.78 is 2.24. The highest BCUT2D eigenvalue weighted by Gasteiger charge is 2.23. The predicted molar refractivity (Wildman–Crippen MR) is 98.3 cm³/mol. The van der Waals surface area contributed by atoms with Gasteiger partial charge in [0.2, 0.25) is 0 Å². The molecule has 2 rings (SSSR count). The maximum absolute atomic E-state index is 4.64. The Morgan fingerprint density at radius 1 is 1.48 bits per heavy atom. The Bertz CT molecular complexity index is 549. The van der Waals surface area contributed by atoms with Crippen molar-refractivity contribution in [3.05, 3.63) is 11.6 Å². The molecule has 2 heterocycles. The van der Waals surface area contributed by atoms with Gasteiger partial charge in [-0.3, -0.25) is 4.99 Å². The number of aromatic nitrogens is 3. The standard InChI is InChI=1S/C16H30N6S/c1-11(2)14-20-13-8-7-12(9-22(13)21-14)19-15(17-5)18-10-16(3,4)23-6/h11-12H,7-10H2,1-6H3,(H2,17,18,19). The van der Waals surface area contributed by atoms with Crippen molar-refractivity contribution in [2.24, 2.45) is 4.99 Å². The van der Waals surface area contributed by atoms with Gasteiger partial charge in [0.1, 0.15) is 5.82 Å². The Morgan fingerprint density at radius 2 is 2.22 bits per heavy atom. The topological polar surface area (TPSA) is 67.1 Å². The molecule has 1 unspecified atom stereocenters. The normalized spacial score (nSPS) is 18.9. The van der Waals surface area contributed by atoms with Crippen LogP contribution in [0.3, 0.4) is 0 Å². The van der Waals surface area contributed by atoms with Crippen molar-refractivity contribution in [3.8, 4) is 0 Å². The first-order valence-electron chi connectivity index (χ1n) is 8.30. The molecule has 0 fully saturated rings. The largest absolute Gasteiger partial charge is 0.355 e. The van der Waals surface area contributed by atoms with Gasteiger partial charge in [0.15, 0.2) is 11.8 Å². The van der Waals surface area contributed by atoms with Crippen molar-refractivity contribution in [3.63, 3.8) is 0 Å². The van der Waals surface area contributed by atoms with Gasteiger partial charge in [0.05, 0.1) is 6.54 Å². The fourth-order valence-electron chi connectivity index (χ4n) is 2.45. The van der Waals surface area contributed by atoms with Crippen LogP contribution in [0.4, 0.5) is 0 Å². The third-order valence-electron chi connectivity index (χ3n) is 4.19. The monoisotopic (exact) mass is 338 g/mol. The molecule has 0 spiro atoms. The second-order valence-corrected chi connectivity index (χ2v) is 8.51. The van der Waals surface area contributed by atoms with Gasteiger partial charge in [0, 0.05) is 36.7 Å². The van der Waals surface area contributed by atoms with E-state index in [1.807, 2.05) is 18.8 Å². The smallest absolute Gasteiger partial charge is 0.191 e.